The molecule has 2 fully saturated rings. The first-order valence-electron chi connectivity index (χ1n) is 8.43. The topological polar surface area (TPSA) is 36.9 Å². The van der Waals surface area contributed by atoms with Crippen molar-refractivity contribution in [3.63, 3.8) is 0 Å². The largest absolute Gasteiger partial charge is 1.00 e. The molecule has 5 nitrogen and oxygen atoms in total. The SMILES string of the molecule is C=C(C)C[N+]1(/C=C2/CO[C@@](C)(OC)[C@](C)(OC)O2)CCCCC1.[Br-]. The van der Waals surface area contributed by atoms with Crippen LogP contribution in [0.3, 0.4) is 0 Å². The van der Waals surface area contributed by atoms with Gasteiger partial charge in [-0.1, -0.05) is 6.58 Å². The van der Waals surface area contributed by atoms with Crippen molar-refractivity contribution in [3.8, 4) is 0 Å². The van der Waals surface area contributed by atoms with Crippen molar-refractivity contribution in [2.24, 2.45) is 0 Å². The molecule has 0 aromatic heterocycles. The van der Waals surface area contributed by atoms with Crippen LogP contribution < -0.4 is 17.0 Å². The van der Waals surface area contributed by atoms with Crippen molar-refractivity contribution < 1.29 is 40.4 Å². The van der Waals surface area contributed by atoms with Gasteiger partial charge in [0.05, 0.1) is 13.1 Å². The fourth-order valence-electron chi connectivity index (χ4n) is 3.57. The zero-order valence-electron chi connectivity index (χ0n) is 15.7. The van der Waals surface area contributed by atoms with Crippen LogP contribution in [0.1, 0.15) is 40.0 Å². The smallest absolute Gasteiger partial charge is 0.261 e. The van der Waals surface area contributed by atoms with Crippen LogP contribution in [0.25, 0.3) is 0 Å². The molecule has 24 heavy (non-hydrogen) atoms. The quantitative estimate of drug-likeness (QED) is 0.482. The lowest BCUT2D eigenvalue weighted by Gasteiger charge is -2.47. The second-order valence-corrected chi connectivity index (χ2v) is 7.13. The van der Waals surface area contributed by atoms with E-state index in [1.165, 1.54) is 24.8 Å². The Hall–Kier alpha value is -0.400. The van der Waals surface area contributed by atoms with Crippen molar-refractivity contribution in [1.82, 2.24) is 0 Å². The summed E-state index contributed by atoms with van der Waals surface area (Å²) in [5.41, 5.74) is 1.19. The van der Waals surface area contributed by atoms with E-state index in [0.717, 1.165) is 29.9 Å². The van der Waals surface area contributed by atoms with Crippen LogP contribution in [0.5, 0.6) is 0 Å². The molecule has 0 spiro atoms. The first-order chi connectivity index (χ1) is 10.8. The van der Waals surface area contributed by atoms with Crippen LogP contribution in [0.15, 0.2) is 24.1 Å². The highest BCUT2D eigenvalue weighted by Crippen LogP contribution is 2.38. The molecule has 2 aliphatic rings. The molecule has 2 rings (SSSR count). The first kappa shape index (κ1) is 21.6. The maximum atomic E-state index is 6.18. The summed E-state index contributed by atoms with van der Waals surface area (Å²) in [4.78, 5) is 0. The van der Waals surface area contributed by atoms with E-state index in [1.54, 1.807) is 14.2 Å². The van der Waals surface area contributed by atoms with E-state index in [4.69, 9.17) is 18.9 Å². The second kappa shape index (κ2) is 8.32. The predicted octanol–water partition coefficient (Wildman–Crippen LogP) is 0.181. The van der Waals surface area contributed by atoms with Gasteiger partial charge in [0.2, 0.25) is 5.79 Å². The lowest BCUT2D eigenvalue weighted by Crippen LogP contribution is -3.00. The van der Waals surface area contributed by atoms with E-state index in [2.05, 4.69) is 19.7 Å². The molecule has 0 N–H and O–H groups in total. The minimum absolute atomic E-state index is 0. The normalized spacial score (nSPS) is 34.3. The molecule has 0 amide bonds. The number of quaternary nitrogens is 1. The molecule has 0 unspecified atom stereocenters. The van der Waals surface area contributed by atoms with Gasteiger partial charge in [-0.15, -0.1) is 0 Å². The highest BCUT2D eigenvalue weighted by Gasteiger charge is 2.53. The van der Waals surface area contributed by atoms with Crippen LogP contribution in [0, 0.1) is 0 Å². The van der Waals surface area contributed by atoms with Gasteiger partial charge in [0.15, 0.2) is 5.76 Å². The molecule has 6 heteroatoms. The summed E-state index contributed by atoms with van der Waals surface area (Å²) in [5, 5.41) is 0. The minimum atomic E-state index is -0.977. The molecule has 0 saturated carbocycles. The van der Waals surface area contributed by atoms with E-state index in [9.17, 15) is 0 Å². The standard InChI is InChI=1S/C18H32NO4.BrH/c1-15(2)12-19(10-8-7-9-11-19)13-16-14-22-17(3,20-5)18(4,21-6)23-16;/h13H,1,7-12,14H2,2-6H3;1H/q+1;/p-1/b16-13-;/t17-,18-;/m1./s1. The molecule has 2 aliphatic heterocycles. The van der Waals surface area contributed by atoms with Gasteiger partial charge in [-0.3, -0.25) is 4.48 Å². The van der Waals surface area contributed by atoms with Gasteiger partial charge in [0.25, 0.3) is 5.79 Å². The Morgan fingerprint density at radius 2 is 1.75 bits per heavy atom. The number of halogens is 1. The van der Waals surface area contributed by atoms with Gasteiger partial charge in [0.1, 0.15) is 19.4 Å². The molecule has 0 aromatic rings. The van der Waals surface area contributed by atoms with E-state index < -0.39 is 11.6 Å². The molecule has 2 atom stereocenters. The van der Waals surface area contributed by atoms with Crippen molar-refractivity contribution in [3.05, 3.63) is 24.1 Å². The number of nitrogens with zero attached hydrogens (tertiary/aromatic N) is 1. The highest BCUT2D eigenvalue weighted by molar-refractivity contribution is 5.00. The van der Waals surface area contributed by atoms with Gasteiger partial charge < -0.3 is 35.9 Å². The second-order valence-electron chi connectivity index (χ2n) is 7.13. The number of hydrogen-bond donors (Lipinski definition) is 0. The Bertz CT molecular complexity index is 476. The van der Waals surface area contributed by atoms with Crippen LogP contribution in [0.4, 0.5) is 0 Å². The minimum Gasteiger partial charge on any atom is -1.00 e. The molecule has 2 heterocycles. The average Bonchev–Trinajstić information content (AvgIpc) is 2.51. The lowest BCUT2D eigenvalue weighted by atomic mass is 10.1. The first-order valence-corrected chi connectivity index (χ1v) is 8.43. The van der Waals surface area contributed by atoms with Gasteiger partial charge >= 0.3 is 0 Å². The Balaban J connectivity index is 0.00000288. The van der Waals surface area contributed by atoms with Crippen molar-refractivity contribution in [2.75, 3.05) is 40.5 Å². The molecule has 0 radical (unpaired) electrons. The number of hydrogen-bond acceptors (Lipinski definition) is 4. The van der Waals surface area contributed by atoms with Crippen molar-refractivity contribution in [1.29, 1.82) is 0 Å². The summed E-state index contributed by atoms with van der Waals surface area (Å²) in [6.07, 6.45) is 5.97. The van der Waals surface area contributed by atoms with Crippen LogP contribution in [0.2, 0.25) is 0 Å². The fourth-order valence-corrected chi connectivity index (χ4v) is 3.57. The molecule has 2 saturated heterocycles. The monoisotopic (exact) mass is 405 g/mol. The molecular weight excluding hydrogens is 374 g/mol. The number of rotatable bonds is 5. The average molecular weight is 406 g/mol. The van der Waals surface area contributed by atoms with E-state index >= 15 is 0 Å². The Kier molecular flexibility index (Phi) is 7.50. The number of methoxy groups -OCH3 is 2. The molecule has 140 valence electrons. The summed E-state index contributed by atoms with van der Waals surface area (Å²) in [5.74, 6) is -1.10. The third-order valence-corrected chi connectivity index (χ3v) is 5.13. The summed E-state index contributed by atoms with van der Waals surface area (Å²) in [6.45, 7) is 13.4. The van der Waals surface area contributed by atoms with Crippen LogP contribution in [-0.2, 0) is 18.9 Å². The summed E-state index contributed by atoms with van der Waals surface area (Å²) in [6, 6.07) is 0. The number of likely N-dealkylation sites (tertiary alicyclic amines) is 1. The van der Waals surface area contributed by atoms with E-state index in [1.807, 2.05) is 13.8 Å². The van der Waals surface area contributed by atoms with Crippen LogP contribution in [-0.4, -0.2) is 56.5 Å². The van der Waals surface area contributed by atoms with Crippen molar-refractivity contribution in [2.45, 2.75) is 51.6 Å². The number of ether oxygens (including phenoxy) is 4. The zero-order valence-corrected chi connectivity index (χ0v) is 17.3. The van der Waals surface area contributed by atoms with Gasteiger partial charge in [-0.2, -0.15) is 0 Å². The summed E-state index contributed by atoms with van der Waals surface area (Å²) < 4.78 is 24.1. The van der Waals surface area contributed by atoms with E-state index in [-0.39, 0.29) is 17.0 Å². The Morgan fingerprint density at radius 3 is 2.25 bits per heavy atom. The van der Waals surface area contributed by atoms with Gasteiger partial charge in [-0.25, -0.2) is 0 Å². The summed E-state index contributed by atoms with van der Waals surface area (Å²) >= 11 is 0. The number of piperidine rings is 1. The maximum absolute atomic E-state index is 6.18. The third-order valence-electron chi connectivity index (χ3n) is 5.13. The van der Waals surface area contributed by atoms with E-state index in [0.29, 0.717) is 6.61 Å². The Labute approximate surface area is 156 Å². The van der Waals surface area contributed by atoms with Gasteiger partial charge in [-0.05, 0) is 38.7 Å². The maximum Gasteiger partial charge on any atom is 0.261 e. The van der Waals surface area contributed by atoms with Gasteiger partial charge in [0, 0.05) is 21.1 Å². The molecular formula is C18H32BrNO4. The zero-order chi connectivity index (χ0) is 17.1. The molecule has 0 aliphatic carbocycles. The Morgan fingerprint density at radius 1 is 1.17 bits per heavy atom. The lowest BCUT2D eigenvalue weighted by molar-refractivity contribution is -0.880. The summed E-state index contributed by atoms with van der Waals surface area (Å²) in [7, 11) is 3.22. The van der Waals surface area contributed by atoms with Crippen LogP contribution >= 0.6 is 0 Å². The molecule has 0 bridgehead atoms. The third kappa shape index (κ3) is 4.41. The van der Waals surface area contributed by atoms with Crippen molar-refractivity contribution >= 4 is 0 Å². The predicted molar refractivity (Wildman–Crippen MR) is 89.5 cm³/mol. The highest BCUT2D eigenvalue weighted by atomic mass is 79.9. The fraction of sp³-hybridized carbons (Fsp3) is 0.778. The molecule has 0 aromatic carbocycles.